The lowest BCUT2D eigenvalue weighted by Gasteiger charge is -2.28. The molecule has 6 nitrogen and oxygen atoms in total. The smallest absolute Gasteiger partial charge is 0.244 e. The molecule has 0 saturated carbocycles. The highest BCUT2D eigenvalue weighted by Gasteiger charge is 2.24. The molecule has 0 fully saturated rings. The van der Waals surface area contributed by atoms with Crippen molar-refractivity contribution in [2.24, 2.45) is 18.7 Å². The molecule has 1 atom stereocenters. The van der Waals surface area contributed by atoms with Crippen molar-refractivity contribution in [1.82, 2.24) is 19.6 Å². The molecule has 1 aromatic rings. The summed E-state index contributed by atoms with van der Waals surface area (Å²) >= 11 is 0. The molecule has 2 N–H and O–H groups in total. The summed E-state index contributed by atoms with van der Waals surface area (Å²) in [6, 6.07) is -0.635. The van der Waals surface area contributed by atoms with Crippen LogP contribution in [0, 0.1) is 5.92 Å². The fourth-order valence-corrected chi connectivity index (χ4v) is 1.99. The van der Waals surface area contributed by atoms with Crippen LogP contribution in [0.4, 0.5) is 0 Å². The first-order valence-corrected chi connectivity index (χ1v) is 6.99. The zero-order chi connectivity index (χ0) is 15.3. The van der Waals surface area contributed by atoms with Gasteiger partial charge < -0.3 is 15.5 Å². The topological polar surface area (TPSA) is 67.4 Å². The third kappa shape index (κ3) is 4.94. The van der Waals surface area contributed by atoms with Gasteiger partial charge in [0.15, 0.2) is 0 Å². The van der Waals surface area contributed by atoms with Crippen molar-refractivity contribution in [2.75, 3.05) is 33.7 Å². The van der Waals surface area contributed by atoms with E-state index in [4.69, 9.17) is 5.73 Å². The van der Waals surface area contributed by atoms with E-state index in [0.29, 0.717) is 12.5 Å². The summed E-state index contributed by atoms with van der Waals surface area (Å²) in [5.41, 5.74) is 6.84. The molecule has 1 unspecified atom stereocenters. The third-order valence-electron chi connectivity index (χ3n) is 3.06. The van der Waals surface area contributed by atoms with Gasteiger partial charge in [0.25, 0.3) is 0 Å². The molecule has 0 spiro atoms. The number of hydrogen-bond donors (Lipinski definition) is 1. The zero-order valence-corrected chi connectivity index (χ0v) is 13.2. The SMILES string of the molecule is CC(C)CN(CCN(C)C)C(=O)C(N)c1cnn(C)c1. The van der Waals surface area contributed by atoms with Gasteiger partial charge in [-0.15, -0.1) is 0 Å². The van der Waals surface area contributed by atoms with Gasteiger partial charge in [-0.2, -0.15) is 5.10 Å². The molecule has 0 aromatic carbocycles. The summed E-state index contributed by atoms with van der Waals surface area (Å²) in [6.07, 6.45) is 3.45. The molecule has 0 aliphatic rings. The van der Waals surface area contributed by atoms with Gasteiger partial charge in [0, 0.05) is 38.4 Å². The normalized spacial score (nSPS) is 13.0. The number of likely N-dealkylation sites (N-methyl/N-ethyl adjacent to an activating group) is 1. The van der Waals surface area contributed by atoms with Gasteiger partial charge >= 0.3 is 0 Å². The van der Waals surface area contributed by atoms with Gasteiger partial charge in [0.05, 0.1) is 6.20 Å². The fourth-order valence-electron chi connectivity index (χ4n) is 1.99. The van der Waals surface area contributed by atoms with Gasteiger partial charge in [-0.1, -0.05) is 13.8 Å². The molecule has 6 heteroatoms. The Balaban J connectivity index is 2.75. The van der Waals surface area contributed by atoms with Crippen molar-refractivity contribution in [2.45, 2.75) is 19.9 Å². The van der Waals surface area contributed by atoms with Crippen LogP contribution in [0.15, 0.2) is 12.4 Å². The Morgan fingerprint density at radius 2 is 2.05 bits per heavy atom. The molecule has 20 heavy (non-hydrogen) atoms. The molecule has 0 bridgehead atoms. The third-order valence-corrected chi connectivity index (χ3v) is 3.06. The average Bonchev–Trinajstić information content (AvgIpc) is 2.78. The zero-order valence-electron chi connectivity index (χ0n) is 13.2. The number of nitrogens with two attached hydrogens (primary N) is 1. The average molecular weight is 281 g/mol. The minimum atomic E-state index is -0.635. The molecule has 0 saturated heterocycles. The van der Waals surface area contributed by atoms with E-state index in [0.717, 1.165) is 18.7 Å². The van der Waals surface area contributed by atoms with E-state index >= 15 is 0 Å². The lowest BCUT2D eigenvalue weighted by Crippen LogP contribution is -2.43. The van der Waals surface area contributed by atoms with Crippen LogP contribution in [-0.2, 0) is 11.8 Å². The maximum atomic E-state index is 12.5. The molecule has 114 valence electrons. The van der Waals surface area contributed by atoms with Crippen LogP contribution in [0.1, 0.15) is 25.5 Å². The molecule has 1 aromatic heterocycles. The Morgan fingerprint density at radius 1 is 1.40 bits per heavy atom. The summed E-state index contributed by atoms with van der Waals surface area (Å²) in [7, 11) is 5.82. The van der Waals surface area contributed by atoms with Crippen molar-refractivity contribution in [3.05, 3.63) is 18.0 Å². The Morgan fingerprint density at radius 3 is 2.50 bits per heavy atom. The Labute approximate surface area is 121 Å². The monoisotopic (exact) mass is 281 g/mol. The van der Waals surface area contributed by atoms with Gasteiger partial charge in [-0.25, -0.2) is 0 Å². The van der Waals surface area contributed by atoms with Crippen LogP contribution >= 0.6 is 0 Å². The van der Waals surface area contributed by atoms with Crippen molar-refractivity contribution in [1.29, 1.82) is 0 Å². The van der Waals surface area contributed by atoms with Crippen LogP contribution in [0.3, 0.4) is 0 Å². The molecular weight excluding hydrogens is 254 g/mol. The summed E-state index contributed by atoms with van der Waals surface area (Å²) < 4.78 is 1.66. The maximum absolute atomic E-state index is 12.5. The number of rotatable bonds is 7. The van der Waals surface area contributed by atoms with Crippen molar-refractivity contribution in [3.8, 4) is 0 Å². The molecule has 0 aliphatic heterocycles. The van der Waals surface area contributed by atoms with Crippen LogP contribution < -0.4 is 5.73 Å². The minimum absolute atomic E-state index is 0.0337. The minimum Gasteiger partial charge on any atom is -0.340 e. The highest BCUT2D eigenvalue weighted by atomic mass is 16.2. The second-order valence-electron chi connectivity index (χ2n) is 5.91. The lowest BCUT2D eigenvalue weighted by molar-refractivity contribution is -0.133. The number of carbonyl (C=O) groups is 1. The first-order chi connectivity index (χ1) is 9.31. The van der Waals surface area contributed by atoms with Crippen molar-refractivity contribution >= 4 is 5.91 Å². The van der Waals surface area contributed by atoms with Gasteiger partial charge in [-0.3, -0.25) is 9.48 Å². The summed E-state index contributed by atoms with van der Waals surface area (Å²) in [4.78, 5) is 16.5. The Bertz CT molecular complexity index is 427. The first kappa shape index (κ1) is 16.7. The van der Waals surface area contributed by atoms with Crippen LogP contribution in [0.2, 0.25) is 0 Å². The van der Waals surface area contributed by atoms with Crippen molar-refractivity contribution in [3.63, 3.8) is 0 Å². The lowest BCUT2D eigenvalue weighted by atomic mass is 10.1. The Hall–Kier alpha value is -1.40. The molecule has 1 amide bonds. The highest BCUT2D eigenvalue weighted by Crippen LogP contribution is 2.13. The number of carbonyl (C=O) groups excluding carboxylic acids is 1. The van der Waals surface area contributed by atoms with E-state index in [-0.39, 0.29) is 5.91 Å². The molecule has 0 aliphatic carbocycles. The second kappa shape index (κ2) is 7.40. The van der Waals surface area contributed by atoms with E-state index in [1.165, 1.54) is 0 Å². The van der Waals surface area contributed by atoms with Gasteiger partial charge in [0.1, 0.15) is 6.04 Å². The largest absolute Gasteiger partial charge is 0.340 e. The highest BCUT2D eigenvalue weighted by molar-refractivity contribution is 5.83. The van der Waals surface area contributed by atoms with E-state index < -0.39 is 6.04 Å². The standard InChI is InChI=1S/C14H27N5O/c1-11(2)9-19(7-6-17(3)4)14(20)13(15)12-8-16-18(5)10-12/h8,10-11,13H,6-7,9,15H2,1-5H3. The predicted octanol–water partition coefficient (Wildman–Crippen LogP) is 0.466. The number of nitrogens with zero attached hydrogens (tertiary/aromatic N) is 4. The van der Waals surface area contributed by atoms with E-state index in [1.807, 2.05) is 26.0 Å². The molecule has 1 heterocycles. The first-order valence-electron chi connectivity index (χ1n) is 6.99. The quantitative estimate of drug-likeness (QED) is 0.789. The number of hydrogen-bond acceptors (Lipinski definition) is 4. The number of amides is 1. The fraction of sp³-hybridized carbons (Fsp3) is 0.714. The number of aryl methyl sites for hydroxylation is 1. The number of aromatic nitrogens is 2. The molecule has 0 radical (unpaired) electrons. The van der Waals surface area contributed by atoms with Crippen molar-refractivity contribution < 1.29 is 4.79 Å². The maximum Gasteiger partial charge on any atom is 0.244 e. The predicted molar refractivity (Wildman–Crippen MR) is 80.1 cm³/mol. The Kier molecular flexibility index (Phi) is 6.16. The summed E-state index contributed by atoms with van der Waals surface area (Å²) in [5.74, 6) is 0.385. The second-order valence-corrected chi connectivity index (χ2v) is 5.91. The van der Waals surface area contributed by atoms with Crippen LogP contribution in [-0.4, -0.2) is 59.2 Å². The molecular formula is C14H27N5O. The van der Waals surface area contributed by atoms with Crippen LogP contribution in [0.5, 0.6) is 0 Å². The molecule has 1 rings (SSSR count). The van der Waals surface area contributed by atoms with E-state index in [2.05, 4.69) is 23.8 Å². The summed E-state index contributed by atoms with van der Waals surface area (Å²) in [5, 5.41) is 4.07. The van der Waals surface area contributed by atoms with Gasteiger partial charge in [0.2, 0.25) is 5.91 Å². The van der Waals surface area contributed by atoms with Crippen LogP contribution in [0.25, 0.3) is 0 Å². The summed E-state index contributed by atoms with van der Waals surface area (Å²) in [6.45, 7) is 6.45. The van der Waals surface area contributed by atoms with E-state index in [1.54, 1.807) is 17.1 Å². The van der Waals surface area contributed by atoms with Gasteiger partial charge in [-0.05, 0) is 20.0 Å². The van der Waals surface area contributed by atoms with E-state index in [9.17, 15) is 4.79 Å².